The van der Waals surface area contributed by atoms with Crippen LogP contribution in [0, 0.1) is 0 Å². The van der Waals surface area contributed by atoms with Gasteiger partial charge in [0.2, 0.25) is 5.91 Å². The van der Waals surface area contributed by atoms with E-state index in [1.165, 1.54) is 0 Å². The molecule has 0 aromatic heterocycles. The monoisotopic (exact) mass is 259 g/mol. The second-order valence-electron chi connectivity index (χ2n) is 5.03. The molecule has 96 valence electrons. The minimum absolute atomic E-state index is 0.141. The van der Waals surface area contributed by atoms with Gasteiger partial charge in [0.05, 0.1) is 17.8 Å². The number of hydrogen-bond acceptors (Lipinski definition) is 1. The normalized spacial score (nSPS) is 13.8. The summed E-state index contributed by atoms with van der Waals surface area (Å²) in [7, 11) is 0. The molecule has 0 bridgehead atoms. The number of fused-ring (bicyclic) bond motifs is 2. The van der Waals surface area contributed by atoms with Gasteiger partial charge in [-0.15, -0.1) is 0 Å². The molecule has 4 rings (SSSR count). The first-order chi connectivity index (χ1) is 9.84. The van der Waals surface area contributed by atoms with Crippen LogP contribution < -0.4 is 4.90 Å². The van der Waals surface area contributed by atoms with Gasteiger partial charge in [-0.2, -0.15) is 0 Å². The Bertz CT molecular complexity index is 817. The number of carbonyl (C=O) groups is 1. The van der Waals surface area contributed by atoms with Crippen LogP contribution in [0.2, 0.25) is 0 Å². The van der Waals surface area contributed by atoms with Crippen LogP contribution in [0.1, 0.15) is 5.56 Å². The van der Waals surface area contributed by atoms with E-state index in [0.29, 0.717) is 6.42 Å². The van der Waals surface area contributed by atoms with Crippen LogP contribution in [0.3, 0.4) is 0 Å². The molecule has 2 nitrogen and oxygen atoms in total. The Kier molecular flexibility index (Phi) is 2.36. The van der Waals surface area contributed by atoms with Gasteiger partial charge in [0.15, 0.2) is 0 Å². The number of nitrogens with zero attached hydrogens (tertiary/aromatic N) is 1. The summed E-state index contributed by atoms with van der Waals surface area (Å²) in [4.78, 5) is 14.2. The standard InChI is InChI=1S/C18H13NO/c20-18-12-14-7-2-4-10-16(14)19(18)17-11-5-8-13-6-1-3-9-15(13)17/h1-11H,12H2. The maximum atomic E-state index is 12.4. The van der Waals surface area contributed by atoms with E-state index in [9.17, 15) is 4.79 Å². The van der Waals surface area contributed by atoms with Crippen LogP contribution in [0.4, 0.5) is 11.4 Å². The lowest BCUT2D eigenvalue weighted by Crippen LogP contribution is -2.20. The number of rotatable bonds is 1. The third kappa shape index (κ3) is 1.55. The number of amides is 1. The topological polar surface area (TPSA) is 20.3 Å². The quantitative estimate of drug-likeness (QED) is 0.645. The Morgan fingerprint density at radius 3 is 2.40 bits per heavy atom. The van der Waals surface area contributed by atoms with Crippen LogP contribution in [0.5, 0.6) is 0 Å². The minimum Gasteiger partial charge on any atom is -0.280 e. The Balaban J connectivity index is 1.98. The van der Waals surface area contributed by atoms with Crippen molar-refractivity contribution in [2.75, 3.05) is 4.90 Å². The lowest BCUT2D eigenvalue weighted by Gasteiger charge is -2.19. The van der Waals surface area contributed by atoms with Gasteiger partial charge < -0.3 is 0 Å². The lowest BCUT2D eigenvalue weighted by molar-refractivity contribution is -0.116. The second kappa shape index (κ2) is 4.20. The van der Waals surface area contributed by atoms with E-state index in [-0.39, 0.29) is 5.91 Å². The fourth-order valence-electron chi connectivity index (χ4n) is 2.92. The zero-order valence-corrected chi connectivity index (χ0v) is 10.9. The molecule has 3 aromatic carbocycles. The number of hydrogen-bond donors (Lipinski definition) is 0. The Hall–Kier alpha value is -2.61. The predicted molar refractivity (Wildman–Crippen MR) is 81.2 cm³/mol. The van der Waals surface area contributed by atoms with E-state index in [0.717, 1.165) is 27.7 Å². The van der Waals surface area contributed by atoms with E-state index in [1.54, 1.807) is 0 Å². The van der Waals surface area contributed by atoms with Gasteiger partial charge >= 0.3 is 0 Å². The Morgan fingerprint density at radius 1 is 0.750 bits per heavy atom. The summed E-state index contributed by atoms with van der Waals surface area (Å²) in [5.41, 5.74) is 3.08. The number of carbonyl (C=O) groups excluding carboxylic acids is 1. The van der Waals surface area contributed by atoms with Crippen molar-refractivity contribution in [2.45, 2.75) is 6.42 Å². The average molecular weight is 259 g/mol. The van der Waals surface area contributed by atoms with Crippen molar-refractivity contribution in [1.82, 2.24) is 0 Å². The third-order valence-electron chi connectivity index (χ3n) is 3.83. The largest absolute Gasteiger partial charge is 0.280 e. The van der Waals surface area contributed by atoms with E-state index in [1.807, 2.05) is 53.4 Å². The van der Waals surface area contributed by atoms with Gasteiger partial charge in [0.25, 0.3) is 0 Å². The highest BCUT2D eigenvalue weighted by molar-refractivity contribution is 6.12. The van der Waals surface area contributed by atoms with Gasteiger partial charge in [-0.1, -0.05) is 54.6 Å². The molecule has 0 aliphatic carbocycles. The molecule has 1 heterocycles. The smallest absolute Gasteiger partial charge is 0.236 e. The van der Waals surface area contributed by atoms with Crippen molar-refractivity contribution in [3.05, 3.63) is 72.3 Å². The maximum Gasteiger partial charge on any atom is 0.236 e. The molecule has 0 radical (unpaired) electrons. The molecular weight excluding hydrogens is 246 g/mol. The molecule has 0 fully saturated rings. The van der Waals surface area contributed by atoms with Crippen LogP contribution >= 0.6 is 0 Å². The molecular formula is C18H13NO. The zero-order chi connectivity index (χ0) is 13.5. The van der Waals surface area contributed by atoms with Gasteiger partial charge in [0, 0.05) is 5.39 Å². The molecule has 1 aliphatic rings. The highest BCUT2D eigenvalue weighted by Gasteiger charge is 2.28. The Labute approximate surface area is 117 Å². The molecule has 2 heteroatoms. The summed E-state index contributed by atoms with van der Waals surface area (Å²) in [6, 6.07) is 22.3. The SMILES string of the molecule is O=C1Cc2ccccc2N1c1cccc2ccccc12. The molecule has 0 saturated heterocycles. The zero-order valence-electron chi connectivity index (χ0n) is 10.9. The van der Waals surface area contributed by atoms with E-state index < -0.39 is 0 Å². The molecule has 3 aromatic rings. The molecule has 0 unspecified atom stereocenters. The van der Waals surface area contributed by atoms with Crippen molar-refractivity contribution in [2.24, 2.45) is 0 Å². The predicted octanol–water partition coefficient (Wildman–Crippen LogP) is 4.06. The molecule has 0 spiro atoms. The average Bonchev–Trinajstić information content (AvgIpc) is 2.82. The first-order valence-corrected chi connectivity index (χ1v) is 6.73. The molecule has 0 atom stereocenters. The summed E-state index contributed by atoms with van der Waals surface area (Å²) in [6.07, 6.45) is 0.486. The fourth-order valence-corrected chi connectivity index (χ4v) is 2.92. The van der Waals surface area contributed by atoms with Gasteiger partial charge in [-0.05, 0) is 23.1 Å². The second-order valence-corrected chi connectivity index (χ2v) is 5.03. The van der Waals surface area contributed by atoms with Crippen molar-refractivity contribution in [3.63, 3.8) is 0 Å². The van der Waals surface area contributed by atoms with E-state index >= 15 is 0 Å². The summed E-state index contributed by atoms with van der Waals surface area (Å²) in [6.45, 7) is 0. The van der Waals surface area contributed by atoms with Crippen LogP contribution in [-0.4, -0.2) is 5.91 Å². The van der Waals surface area contributed by atoms with Crippen LogP contribution in [0.15, 0.2) is 66.7 Å². The van der Waals surface area contributed by atoms with Crippen molar-refractivity contribution in [3.8, 4) is 0 Å². The van der Waals surface area contributed by atoms with Crippen LogP contribution in [-0.2, 0) is 11.2 Å². The Morgan fingerprint density at radius 2 is 1.45 bits per heavy atom. The minimum atomic E-state index is 0.141. The van der Waals surface area contributed by atoms with E-state index in [2.05, 4.69) is 18.2 Å². The molecule has 20 heavy (non-hydrogen) atoms. The number of anilines is 2. The summed E-state index contributed by atoms with van der Waals surface area (Å²) in [5, 5.41) is 2.27. The van der Waals surface area contributed by atoms with Gasteiger partial charge in [-0.3, -0.25) is 9.69 Å². The molecule has 0 saturated carbocycles. The first kappa shape index (κ1) is 11.2. The molecule has 1 amide bonds. The number of benzene rings is 3. The van der Waals surface area contributed by atoms with Crippen molar-refractivity contribution < 1.29 is 4.79 Å². The van der Waals surface area contributed by atoms with Crippen molar-refractivity contribution in [1.29, 1.82) is 0 Å². The van der Waals surface area contributed by atoms with E-state index in [4.69, 9.17) is 0 Å². The maximum absolute atomic E-state index is 12.4. The van der Waals surface area contributed by atoms with Crippen molar-refractivity contribution >= 4 is 28.1 Å². The molecule has 1 aliphatic heterocycles. The summed E-state index contributed by atoms with van der Waals surface area (Å²) >= 11 is 0. The summed E-state index contributed by atoms with van der Waals surface area (Å²) < 4.78 is 0. The first-order valence-electron chi connectivity index (χ1n) is 6.73. The van der Waals surface area contributed by atoms with Gasteiger partial charge in [-0.25, -0.2) is 0 Å². The van der Waals surface area contributed by atoms with Crippen LogP contribution in [0.25, 0.3) is 10.8 Å². The lowest BCUT2D eigenvalue weighted by atomic mass is 10.1. The van der Waals surface area contributed by atoms with Gasteiger partial charge in [0.1, 0.15) is 0 Å². The third-order valence-corrected chi connectivity index (χ3v) is 3.83. The highest BCUT2D eigenvalue weighted by Crippen LogP contribution is 2.38. The fraction of sp³-hybridized carbons (Fsp3) is 0.0556. The summed E-state index contributed by atoms with van der Waals surface area (Å²) in [5.74, 6) is 0.141. The highest BCUT2D eigenvalue weighted by atomic mass is 16.2. The number of para-hydroxylation sites is 1. The molecule has 0 N–H and O–H groups in total.